The molecule has 0 aliphatic carbocycles. The van der Waals surface area contributed by atoms with Crippen LogP contribution in [0.15, 0.2) is 16.6 Å². The fourth-order valence-corrected chi connectivity index (χ4v) is 2.77. The van der Waals surface area contributed by atoms with Crippen molar-refractivity contribution in [2.45, 2.75) is 40.2 Å². The van der Waals surface area contributed by atoms with Crippen LogP contribution in [0.4, 0.5) is 10.5 Å². The molecule has 1 aromatic carbocycles. The van der Waals surface area contributed by atoms with Gasteiger partial charge in [-0.15, -0.1) is 0 Å². The standard InChI is InChI=1S/C15H21BrN2O3/c1-5-8(2)13(14(19)20)18-15(21)17-12-9(3)6-11(16)7-10(12)4/h6-8,13H,5H2,1-4H3,(H,19,20)(H2,17,18,21)/t8?,13-/m0/s1. The molecule has 0 spiro atoms. The van der Waals surface area contributed by atoms with Crippen molar-refractivity contribution in [1.29, 1.82) is 0 Å². The average Bonchev–Trinajstić information content (AvgIpc) is 2.39. The highest BCUT2D eigenvalue weighted by Crippen LogP contribution is 2.25. The largest absolute Gasteiger partial charge is 0.480 e. The lowest BCUT2D eigenvalue weighted by molar-refractivity contribution is -0.140. The van der Waals surface area contributed by atoms with Crippen LogP contribution in [0.3, 0.4) is 0 Å². The predicted molar refractivity (Wildman–Crippen MR) is 86.6 cm³/mol. The first-order valence-electron chi connectivity index (χ1n) is 6.83. The van der Waals surface area contributed by atoms with E-state index >= 15 is 0 Å². The van der Waals surface area contributed by atoms with E-state index < -0.39 is 18.0 Å². The Morgan fingerprint density at radius 1 is 1.29 bits per heavy atom. The maximum absolute atomic E-state index is 12.0. The molecule has 3 N–H and O–H groups in total. The molecule has 0 heterocycles. The van der Waals surface area contributed by atoms with Crippen molar-refractivity contribution in [2.24, 2.45) is 5.92 Å². The van der Waals surface area contributed by atoms with Crippen molar-refractivity contribution < 1.29 is 14.7 Å². The lowest BCUT2D eigenvalue weighted by Crippen LogP contribution is -2.46. The van der Waals surface area contributed by atoms with Crippen molar-refractivity contribution in [3.63, 3.8) is 0 Å². The number of aliphatic carboxylic acids is 1. The Kier molecular flexibility index (Phi) is 6.20. The van der Waals surface area contributed by atoms with Gasteiger partial charge in [0.25, 0.3) is 0 Å². The Morgan fingerprint density at radius 3 is 2.24 bits per heavy atom. The summed E-state index contributed by atoms with van der Waals surface area (Å²) >= 11 is 3.40. The third-order valence-corrected chi connectivity index (χ3v) is 3.96. The second-order valence-electron chi connectivity index (χ2n) is 5.21. The first-order valence-corrected chi connectivity index (χ1v) is 7.62. The van der Waals surface area contributed by atoms with Crippen molar-refractivity contribution in [3.05, 3.63) is 27.7 Å². The average molecular weight is 357 g/mol. The van der Waals surface area contributed by atoms with E-state index in [1.165, 1.54) is 0 Å². The van der Waals surface area contributed by atoms with Gasteiger partial charge < -0.3 is 15.7 Å². The van der Waals surface area contributed by atoms with Crippen LogP contribution < -0.4 is 10.6 Å². The molecule has 0 aromatic heterocycles. The molecule has 0 saturated heterocycles. The zero-order chi connectivity index (χ0) is 16.2. The molecule has 0 aliphatic rings. The van der Waals surface area contributed by atoms with Gasteiger partial charge >= 0.3 is 12.0 Å². The number of carboxylic acids is 1. The molecule has 1 unspecified atom stereocenters. The minimum atomic E-state index is -1.02. The van der Waals surface area contributed by atoms with Gasteiger partial charge in [0.2, 0.25) is 0 Å². The van der Waals surface area contributed by atoms with E-state index in [0.717, 1.165) is 15.6 Å². The van der Waals surface area contributed by atoms with Gasteiger partial charge in [0.15, 0.2) is 0 Å². The number of nitrogens with one attached hydrogen (secondary N) is 2. The number of anilines is 1. The number of benzene rings is 1. The number of carbonyl (C=O) groups is 2. The summed E-state index contributed by atoms with van der Waals surface area (Å²) < 4.78 is 0.937. The number of aryl methyl sites for hydroxylation is 2. The molecule has 0 bridgehead atoms. The summed E-state index contributed by atoms with van der Waals surface area (Å²) in [7, 11) is 0. The molecule has 0 saturated carbocycles. The van der Waals surface area contributed by atoms with Crippen LogP contribution in [0.1, 0.15) is 31.4 Å². The van der Waals surface area contributed by atoms with E-state index in [9.17, 15) is 14.7 Å². The number of rotatable bonds is 5. The third kappa shape index (κ3) is 4.74. The summed E-state index contributed by atoms with van der Waals surface area (Å²) in [5.41, 5.74) is 2.52. The van der Waals surface area contributed by atoms with Gasteiger partial charge in [-0.05, 0) is 43.0 Å². The molecule has 2 amide bonds. The summed E-state index contributed by atoms with van der Waals surface area (Å²) in [5.74, 6) is -1.16. The van der Waals surface area contributed by atoms with E-state index in [1.54, 1.807) is 6.92 Å². The molecule has 0 fully saturated rings. The zero-order valence-electron chi connectivity index (χ0n) is 12.7. The highest BCUT2D eigenvalue weighted by atomic mass is 79.9. The monoisotopic (exact) mass is 356 g/mol. The highest BCUT2D eigenvalue weighted by molar-refractivity contribution is 9.10. The third-order valence-electron chi connectivity index (χ3n) is 3.50. The van der Waals surface area contributed by atoms with E-state index in [2.05, 4.69) is 26.6 Å². The van der Waals surface area contributed by atoms with Crippen molar-refractivity contribution >= 4 is 33.6 Å². The second kappa shape index (κ2) is 7.45. The summed E-state index contributed by atoms with van der Waals surface area (Å²) in [6.07, 6.45) is 0.674. The maximum atomic E-state index is 12.0. The Labute approximate surface area is 133 Å². The predicted octanol–water partition coefficient (Wildman–Crippen LogP) is 3.69. The number of hydrogen-bond donors (Lipinski definition) is 3. The molecule has 6 heteroatoms. The summed E-state index contributed by atoms with van der Waals surface area (Å²) in [6.45, 7) is 7.46. The summed E-state index contributed by atoms with van der Waals surface area (Å²) in [4.78, 5) is 23.3. The van der Waals surface area contributed by atoms with E-state index in [-0.39, 0.29) is 5.92 Å². The van der Waals surface area contributed by atoms with Gasteiger partial charge in [-0.1, -0.05) is 36.2 Å². The molecule has 21 heavy (non-hydrogen) atoms. The molecule has 116 valence electrons. The number of urea groups is 1. The Balaban J connectivity index is 2.84. The Bertz CT molecular complexity index is 523. The van der Waals surface area contributed by atoms with Crippen molar-refractivity contribution in [3.8, 4) is 0 Å². The zero-order valence-corrected chi connectivity index (χ0v) is 14.2. The molecule has 0 aliphatic heterocycles. The Hall–Kier alpha value is -1.56. The first-order chi connectivity index (χ1) is 9.76. The van der Waals surface area contributed by atoms with E-state index in [1.807, 2.05) is 32.9 Å². The van der Waals surface area contributed by atoms with Gasteiger partial charge in [-0.25, -0.2) is 9.59 Å². The van der Waals surface area contributed by atoms with Crippen LogP contribution in [-0.2, 0) is 4.79 Å². The van der Waals surface area contributed by atoms with Crippen LogP contribution in [-0.4, -0.2) is 23.1 Å². The molecular formula is C15H21BrN2O3. The van der Waals surface area contributed by atoms with Crippen LogP contribution in [0.5, 0.6) is 0 Å². The van der Waals surface area contributed by atoms with Gasteiger partial charge in [-0.2, -0.15) is 0 Å². The Morgan fingerprint density at radius 2 is 1.81 bits per heavy atom. The maximum Gasteiger partial charge on any atom is 0.326 e. The molecule has 1 rings (SSSR count). The fourth-order valence-electron chi connectivity index (χ4n) is 2.08. The van der Waals surface area contributed by atoms with Gasteiger partial charge in [0, 0.05) is 10.2 Å². The van der Waals surface area contributed by atoms with Crippen molar-refractivity contribution in [2.75, 3.05) is 5.32 Å². The quantitative estimate of drug-likeness (QED) is 0.752. The normalized spacial score (nSPS) is 13.4. The molecule has 0 radical (unpaired) electrons. The fraction of sp³-hybridized carbons (Fsp3) is 0.467. The number of amides is 2. The van der Waals surface area contributed by atoms with Gasteiger partial charge in [0.05, 0.1) is 0 Å². The SMILES string of the molecule is CCC(C)[C@H](NC(=O)Nc1c(C)cc(Br)cc1C)C(=O)O. The summed E-state index contributed by atoms with van der Waals surface area (Å²) in [5, 5.41) is 14.4. The smallest absolute Gasteiger partial charge is 0.326 e. The lowest BCUT2D eigenvalue weighted by atomic mass is 9.99. The topological polar surface area (TPSA) is 78.4 Å². The molecular weight excluding hydrogens is 336 g/mol. The van der Waals surface area contributed by atoms with Gasteiger partial charge in [-0.3, -0.25) is 0 Å². The molecule has 2 atom stereocenters. The lowest BCUT2D eigenvalue weighted by Gasteiger charge is -2.21. The molecule has 5 nitrogen and oxygen atoms in total. The number of carboxylic acid groups (broad SMARTS) is 1. The van der Waals surface area contributed by atoms with Gasteiger partial charge in [0.1, 0.15) is 6.04 Å². The number of halogens is 1. The van der Waals surface area contributed by atoms with Crippen molar-refractivity contribution in [1.82, 2.24) is 5.32 Å². The van der Waals surface area contributed by atoms with Crippen LogP contribution >= 0.6 is 15.9 Å². The van der Waals surface area contributed by atoms with E-state index in [4.69, 9.17) is 0 Å². The number of hydrogen-bond acceptors (Lipinski definition) is 2. The minimum Gasteiger partial charge on any atom is -0.480 e. The second-order valence-corrected chi connectivity index (χ2v) is 6.13. The first kappa shape index (κ1) is 17.5. The number of carbonyl (C=O) groups excluding carboxylic acids is 1. The van der Waals surface area contributed by atoms with E-state index in [0.29, 0.717) is 12.1 Å². The molecule has 1 aromatic rings. The highest BCUT2D eigenvalue weighted by Gasteiger charge is 2.25. The minimum absolute atomic E-state index is 0.139. The van der Waals surface area contributed by atoms with Crippen LogP contribution in [0.25, 0.3) is 0 Å². The summed E-state index contributed by atoms with van der Waals surface area (Å²) in [6, 6.07) is 2.39. The van der Waals surface area contributed by atoms with Crippen LogP contribution in [0, 0.1) is 19.8 Å². The van der Waals surface area contributed by atoms with Crippen LogP contribution in [0.2, 0.25) is 0 Å².